The van der Waals surface area contributed by atoms with E-state index in [4.69, 9.17) is 21.4 Å². The van der Waals surface area contributed by atoms with E-state index < -0.39 is 17.9 Å². The molecule has 0 spiro atoms. The molecule has 7 nitrogen and oxygen atoms in total. The van der Waals surface area contributed by atoms with Crippen LogP contribution in [0.1, 0.15) is 28.8 Å². The Morgan fingerprint density at radius 1 is 0.971 bits per heavy atom. The Morgan fingerprint density at radius 2 is 1.63 bits per heavy atom. The fourth-order valence-corrected chi connectivity index (χ4v) is 3.72. The van der Waals surface area contributed by atoms with Crippen molar-refractivity contribution >= 4 is 35.1 Å². The van der Waals surface area contributed by atoms with Crippen molar-refractivity contribution in [3.63, 3.8) is 0 Å². The maximum absolute atomic E-state index is 13.8. The van der Waals surface area contributed by atoms with E-state index in [0.717, 1.165) is 5.56 Å². The van der Waals surface area contributed by atoms with Crippen molar-refractivity contribution in [2.75, 3.05) is 18.6 Å². The van der Waals surface area contributed by atoms with E-state index in [2.05, 4.69) is 5.32 Å². The van der Waals surface area contributed by atoms with Crippen molar-refractivity contribution in [1.82, 2.24) is 5.32 Å². The Labute approximate surface area is 209 Å². The lowest BCUT2D eigenvalue weighted by Crippen LogP contribution is -2.50. The van der Waals surface area contributed by atoms with Gasteiger partial charge >= 0.3 is 5.97 Å². The van der Waals surface area contributed by atoms with Crippen LogP contribution in [0, 0.1) is 0 Å². The normalized spacial score (nSPS) is 11.4. The number of amides is 2. The van der Waals surface area contributed by atoms with E-state index in [0.29, 0.717) is 22.0 Å². The van der Waals surface area contributed by atoms with Gasteiger partial charge in [-0.05, 0) is 60.5 Å². The number of anilines is 1. The number of hydrogen-bond acceptors (Lipinski definition) is 4. The van der Waals surface area contributed by atoms with Gasteiger partial charge in [0.1, 0.15) is 11.8 Å². The summed E-state index contributed by atoms with van der Waals surface area (Å²) in [5, 5.41) is 12.4. The zero-order chi connectivity index (χ0) is 25.2. The van der Waals surface area contributed by atoms with Crippen molar-refractivity contribution in [2.24, 2.45) is 0 Å². The summed E-state index contributed by atoms with van der Waals surface area (Å²) in [6.45, 7) is 0.180. The van der Waals surface area contributed by atoms with E-state index in [1.807, 2.05) is 30.3 Å². The van der Waals surface area contributed by atoms with Gasteiger partial charge in [-0.25, -0.2) is 0 Å². The number of benzene rings is 3. The van der Waals surface area contributed by atoms with Crippen LogP contribution in [0.5, 0.6) is 5.75 Å². The summed E-state index contributed by atoms with van der Waals surface area (Å²) >= 11 is 5.94. The van der Waals surface area contributed by atoms with Crippen LogP contribution in [0.15, 0.2) is 78.9 Å². The lowest BCUT2D eigenvalue weighted by atomic mass is 10.0. The van der Waals surface area contributed by atoms with E-state index in [1.165, 1.54) is 4.90 Å². The lowest BCUT2D eigenvalue weighted by Gasteiger charge is -2.28. The number of carboxylic acid groups (broad SMARTS) is 1. The third-order valence-electron chi connectivity index (χ3n) is 5.41. The predicted octanol–water partition coefficient (Wildman–Crippen LogP) is 4.59. The molecule has 8 heteroatoms. The van der Waals surface area contributed by atoms with Gasteiger partial charge in [0.15, 0.2) is 0 Å². The van der Waals surface area contributed by atoms with Crippen LogP contribution >= 0.6 is 11.6 Å². The van der Waals surface area contributed by atoms with Crippen LogP contribution < -0.4 is 15.0 Å². The number of carbonyl (C=O) groups excluding carboxylic acids is 2. The van der Waals surface area contributed by atoms with Gasteiger partial charge in [0.25, 0.3) is 5.91 Å². The standard InChI is InChI=1S/C27H27ClN2O5/c1-35-23-15-13-22(14-16-23)30(17-5-8-25(31)32)27(34)24(18-19-6-3-2-4-7-19)29-26(33)20-9-11-21(28)12-10-20/h2-4,6-7,9-16,24H,5,8,17-18H2,1H3,(H,29,33)(H,31,32)/t24-/m0/s1. The van der Waals surface area contributed by atoms with Gasteiger partial charge in [0, 0.05) is 35.7 Å². The second-order valence-electron chi connectivity index (χ2n) is 7.91. The van der Waals surface area contributed by atoms with E-state index >= 15 is 0 Å². The summed E-state index contributed by atoms with van der Waals surface area (Å²) in [4.78, 5) is 39.4. The Morgan fingerprint density at radius 3 is 2.23 bits per heavy atom. The smallest absolute Gasteiger partial charge is 0.303 e. The van der Waals surface area contributed by atoms with Gasteiger partial charge in [-0.3, -0.25) is 14.4 Å². The summed E-state index contributed by atoms with van der Waals surface area (Å²) < 4.78 is 5.21. The highest BCUT2D eigenvalue weighted by Crippen LogP contribution is 2.22. The molecule has 182 valence electrons. The Bertz CT molecular complexity index is 1130. The molecule has 0 heterocycles. The average molecular weight is 495 g/mol. The number of nitrogens with zero attached hydrogens (tertiary/aromatic N) is 1. The molecule has 0 radical (unpaired) electrons. The first-order chi connectivity index (χ1) is 16.9. The topological polar surface area (TPSA) is 95.9 Å². The minimum absolute atomic E-state index is 0.0829. The van der Waals surface area contributed by atoms with Crippen LogP contribution in [0.2, 0.25) is 5.02 Å². The molecule has 1 atom stereocenters. The third kappa shape index (κ3) is 7.58. The predicted molar refractivity (Wildman–Crippen MR) is 135 cm³/mol. The van der Waals surface area contributed by atoms with Crippen LogP contribution in [-0.4, -0.2) is 42.6 Å². The number of methoxy groups -OCH3 is 1. The summed E-state index contributed by atoms with van der Waals surface area (Å²) in [6.07, 6.45) is 0.446. The van der Waals surface area contributed by atoms with Crippen LogP contribution in [-0.2, 0) is 16.0 Å². The van der Waals surface area contributed by atoms with Crippen LogP contribution in [0.3, 0.4) is 0 Å². The second-order valence-corrected chi connectivity index (χ2v) is 8.34. The first kappa shape index (κ1) is 25.8. The molecule has 0 bridgehead atoms. The fraction of sp³-hybridized carbons (Fsp3) is 0.222. The van der Waals surface area contributed by atoms with Gasteiger partial charge in [-0.2, -0.15) is 0 Å². The number of carboxylic acids is 1. The quantitative estimate of drug-likeness (QED) is 0.406. The van der Waals surface area contributed by atoms with Crippen molar-refractivity contribution in [3.05, 3.63) is 95.0 Å². The van der Waals surface area contributed by atoms with Crippen molar-refractivity contribution in [2.45, 2.75) is 25.3 Å². The molecule has 0 saturated heterocycles. The van der Waals surface area contributed by atoms with Crippen LogP contribution in [0.25, 0.3) is 0 Å². The SMILES string of the molecule is COc1ccc(N(CCCC(=O)O)C(=O)[C@H](Cc2ccccc2)NC(=O)c2ccc(Cl)cc2)cc1. The highest BCUT2D eigenvalue weighted by Gasteiger charge is 2.28. The minimum atomic E-state index is -0.941. The molecule has 0 aliphatic heterocycles. The maximum Gasteiger partial charge on any atom is 0.303 e. The minimum Gasteiger partial charge on any atom is -0.497 e. The van der Waals surface area contributed by atoms with Crippen molar-refractivity contribution in [3.8, 4) is 5.75 Å². The molecule has 3 aromatic rings. The van der Waals surface area contributed by atoms with Gasteiger partial charge in [-0.15, -0.1) is 0 Å². The van der Waals surface area contributed by atoms with E-state index in [1.54, 1.807) is 55.6 Å². The second kappa shape index (κ2) is 12.6. The zero-order valence-electron chi connectivity index (χ0n) is 19.3. The number of nitrogens with one attached hydrogen (secondary N) is 1. The van der Waals surface area contributed by atoms with Gasteiger partial charge in [0.2, 0.25) is 5.91 Å². The number of aliphatic carboxylic acids is 1. The molecule has 2 amide bonds. The Hall–Kier alpha value is -3.84. The molecule has 3 aromatic carbocycles. The molecule has 2 N–H and O–H groups in total. The molecular weight excluding hydrogens is 468 g/mol. The first-order valence-corrected chi connectivity index (χ1v) is 11.5. The molecule has 0 aliphatic carbocycles. The average Bonchev–Trinajstić information content (AvgIpc) is 2.87. The summed E-state index contributed by atoms with van der Waals surface area (Å²) in [5.74, 6) is -1.06. The Kier molecular flexibility index (Phi) is 9.26. The molecule has 0 aliphatic rings. The molecule has 0 fully saturated rings. The molecule has 0 saturated carbocycles. The largest absolute Gasteiger partial charge is 0.497 e. The number of ether oxygens (including phenoxy) is 1. The number of hydrogen-bond donors (Lipinski definition) is 2. The number of halogens is 1. The molecular formula is C27H27ClN2O5. The van der Waals surface area contributed by atoms with E-state index in [-0.39, 0.29) is 31.7 Å². The molecule has 0 unspecified atom stereocenters. The Balaban J connectivity index is 1.90. The summed E-state index contributed by atoms with van der Waals surface area (Å²) in [5.41, 5.74) is 1.84. The summed E-state index contributed by atoms with van der Waals surface area (Å²) in [6, 6.07) is 21.8. The van der Waals surface area contributed by atoms with Gasteiger partial charge in [-0.1, -0.05) is 41.9 Å². The zero-order valence-corrected chi connectivity index (χ0v) is 20.1. The summed E-state index contributed by atoms with van der Waals surface area (Å²) in [7, 11) is 1.55. The molecule has 3 rings (SSSR count). The van der Waals surface area contributed by atoms with E-state index in [9.17, 15) is 14.4 Å². The fourth-order valence-electron chi connectivity index (χ4n) is 3.60. The van der Waals surface area contributed by atoms with Gasteiger partial charge < -0.3 is 20.1 Å². The molecule has 0 aromatic heterocycles. The monoisotopic (exact) mass is 494 g/mol. The third-order valence-corrected chi connectivity index (χ3v) is 5.67. The number of rotatable bonds is 11. The highest BCUT2D eigenvalue weighted by atomic mass is 35.5. The molecule has 35 heavy (non-hydrogen) atoms. The first-order valence-electron chi connectivity index (χ1n) is 11.1. The highest BCUT2D eigenvalue weighted by molar-refractivity contribution is 6.30. The lowest BCUT2D eigenvalue weighted by molar-refractivity contribution is -0.137. The maximum atomic E-state index is 13.8. The van der Waals surface area contributed by atoms with Crippen molar-refractivity contribution in [1.29, 1.82) is 0 Å². The number of carbonyl (C=O) groups is 3. The van der Waals surface area contributed by atoms with Crippen molar-refractivity contribution < 1.29 is 24.2 Å². The van der Waals surface area contributed by atoms with Gasteiger partial charge in [0.05, 0.1) is 7.11 Å². The van der Waals surface area contributed by atoms with Crippen LogP contribution in [0.4, 0.5) is 5.69 Å².